The van der Waals surface area contributed by atoms with Crippen LogP contribution in [0.1, 0.15) is 5.69 Å². The van der Waals surface area contributed by atoms with Gasteiger partial charge < -0.3 is 9.55 Å². The van der Waals surface area contributed by atoms with E-state index < -0.39 is 0 Å². The van der Waals surface area contributed by atoms with Crippen LogP contribution in [0.5, 0.6) is 0 Å². The van der Waals surface area contributed by atoms with Gasteiger partial charge in [-0.2, -0.15) is 0 Å². The largest absolute Gasteiger partial charge is 0.327 e. The van der Waals surface area contributed by atoms with Crippen LogP contribution in [0.4, 0.5) is 0 Å². The first kappa shape index (κ1) is 7.79. The number of nitrogens with zero attached hydrogens (tertiary/aromatic N) is 2. The van der Waals surface area contributed by atoms with Crippen LogP contribution in [0.15, 0.2) is 35.6 Å². The molecule has 0 radical (unpaired) electrons. The molecule has 2 heterocycles. The Labute approximate surface area is 74.9 Å². The molecule has 0 aliphatic heterocycles. The summed E-state index contributed by atoms with van der Waals surface area (Å²) >= 11 is 0. The van der Waals surface area contributed by atoms with E-state index in [9.17, 15) is 4.79 Å². The van der Waals surface area contributed by atoms with Crippen molar-refractivity contribution in [3.8, 4) is 5.69 Å². The van der Waals surface area contributed by atoms with Crippen molar-refractivity contribution in [1.82, 2.24) is 14.5 Å². The van der Waals surface area contributed by atoms with Crippen LogP contribution in [-0.4, -0.2) is 14.5 Å². The summed E-state index contributed by atoms with van der Waals surface area (Å²) in [7, 11) is 0. The second-order valence-corrected chi connectivity index (χ2v) is 2.81. The van der Waals surface area contributed by atoms with E-state index in [1.807, 2.05) is 13.1 Å². The number of hydrogen-bond acceptors (Lipinski definition) is 2. The van der Waals surface area contributed by atoms with Gasteiger partial charge in [-0.05, 0) is 19.1 Å². The molecular weight excluding hydrogens is 166 g/mol. The molecule has 0 amide bonds. The molecule has 2 rings (SSSR count). The summed E-state index contributed by atoms with van der Waals surface area (Å²) in [6.07, 6.45) is 5.04. The zero-order valence-corrected chi connectivity index (χ0v) is 7.19. The van der Waals surface area contributed by atoms with Gasteiger partial charge in [-0.1, -0.05) is 0 Å². The smallest absolute Gasteiger partial charge is 0.272 e. The third-order valence-corrected chi connectivity index (χ3v) is 1.79. The summed E-state index contributed by atoms with van der Waals surface area (Å²) in [6.45, 7) is 1.88. The molecule has 1 N–H and O–H groups in total. The predicted molar refractivity (Wildman–Crippen MR) is 48.9 cm³/mol. The Hall–Kier alpha value is -1.84. The summed E-state index contributed by atoms with van der Waals surface area (Å²) in [5, 5.41) is 0. The quantitative estimate of drug-likeness (QED) is 0.699. The number of aryl methyl sites for hydroxylation is 1. The van der Waals surface area contributed by atoms with E-state index in [0.29, 0.717) is 5.69 Å². The van der Waals surface area contributed by atoms with Crippen LogP contribution >= 0.6 is 0 Å². The van der Waals surface area contributed by atoms with Crippen molar-refractivity contribution >= 4 is 0 Å². The maximum atomic E-state index is 11.3. The maximum Gasteiger partial charge on any atom is 0.272 e. The van der Waals surface area contributed by atoms with Gasteiger partial charge in [-0.3, -0.25) is 4.79 Å². The lowest BCUT2D eigenvalue weighted by atomic mass is 10.4. The third-order valence-electron chi connectivity index (χ3n) is 1.79. The molecule has 13 heavy (non-hydrogen) atoms. The monoisotopic (exact) mass is 175 g/mol. The molecule has 0 unspecified atom stereocenters. The van der Waals surface area contributed by atoms with E-state index in [2.05, 4.69) is 9.97 Å². The number of hydrogen-bond donors (Lipinski definition) is 1. The summed E-state index contributed by atoms with van der Waals surface area (Å²) in [4.78, 5) is 18.0. The van der Waals surface area contributed by atoms with Crippen LogP contribution in [0.25, 0.3) is 5.69 Å². The lowest BCUT2D eigenvalue weighted by Gasteiger charge is -1.97. The second-order valence-electron chi connectivity index (χ2n) is 2.81. The first-order chi connectivity index (χ1) is 6.27. The highest BCUT2D eigenvalue weighted by molar-refractivity contribution is 5.28. The first-order valence-corrected chi connectivity index (χ1v) is 3.96. The number of aromatic amines is 1. The van der Waals surface area contributed by atoms with Crippen LogP contribution in [0.3, 0.4) is 0 Å². The van der Waals surface area contributed by atoms with Crippen LogP contribution in [0.2, 0.25) is 0 Å². The lowest BCUT2D eigenvalue weighted by molar-refractivity contribution is 1.01. The zero-order valence-electron chi connectivity index (χ0n) is 7.19. The molecule has 0 aliphatic carbocycles. The fourth-order valence-electron chi connectivity index (χ4n) is 1.17. The SMILES string of the molecule is Cc1cn(-c2ccc[nH]c2=O)cn1. The van der Waals surface area contributed by atoms with Gasteiger partial charge >= 0.3 is 0 Å². The lowest BCUT2D eigenvalue weighted by Crippen LogP contribution is -2.11. The van der Waals surface area contributed by atoms with E-state index in [1.165, 1.54) is 0 Å². The molecule has 2 aromatic heterocycles. The van der Waals surface area contributed by atoms with E-state index in [0.717, 1.165) is 5.69 Å². The minimum Gasteiger partial charge on any atom is -0.327 e. The van der Waals surface area contributed by atoms with Gasteiger partial charge in [0.05, 0.1) is 12.0 Å². The van der Waals surface area contributed by atoms with E-state index >= 15 is 0 Å². The van der Waals surface area contributed by atoms with Crippen LogP contribution in [0, 0.1) is 6.92 Å². The maximum absolute atomic E-state index is 11.3. The van der Waals surface area contributed by atoms with Gasteiger partial charge in [0, 0.05) is 12.4 Å². The van der Waals surface area contributed by atoms with Crippen molar-refractivity contribution < 1.29 is 0 Å². The van der Waals surface area contributed by atoms with Gasteiger partial charge in [0.2, 0.25) is 0 Å². The molecule has 0 saturated heterocycles. The third kappa shape index (κ3) is 1.38. The van der Waals surface area contributed by atoms with Crippen molar-refractivity contribution in [2.45, 2.75) is 6.92 Å². The number of aromatic nitrogens is 3. The van der Waals surface area contributed by atoms with Crippen molar-refractivity contribution in [2.75, 3.05) is 0 Å². The molecule has 0 saturated carbocycles. The standard InChI is InChI=1S/C9H9N3O/c1-7-5-12(6-11-7)8-3-2-4-10-9(8)13/h2-6H,1H3,(H,10,13). The molecule has 4 heteroatoms. The number of pyridine rings is 1. The average Bonchev–Trinajstić information content (AvgIpc) is 2.53. The van der Waals surface area contributed by atoms with Crippen molar-refractivity contribution in [1.29, 1.82) is 0 Å². The Morgan fingerprint density at radius 1 is 1.54 bits per heavy atom. The van der Waals surface area contributed by atoms with Crippen LogP contribution < -0.4 is 5.56 Å². The highest BCUT2D eigenvalue weighted by Gasteiger charge is 2.00. The molecule has 0 aliphatic rings. The van der Waals surface area contributed by atoms with Gasteiger partial charge in [0.1, 0.15) is 5.69 Å². The Morgan fingerprint density at radius 2 is 2.38 bits per heavy atom. The fourth-order valence-corrected chi connectivity index (χ4v) is 1.17. The number of rotatable bonds is 1. The van der Waals surface area contributed by atoms with Gasteiger partial charge in [0.15, 0.2) is 0 Å². The molecule has 0 bridgehead atoms. The summed E-state index contributed by atoms with van der Waals surface area (Å²) in [5.74, 6) is 0. The highest BCUT2D eigenvalue weighted by atomic mass is 16.1. The Bertz CT molecular complexity index is 469. The molecule has 0 atom stereocenters. The minimum absolute atomic E-state index is 0.111. The predicted octanol–water partition coefficient (Wildman–Crippen LogP) is 0.869. The molecule has 66 valence electrons. The van der Waals surface area contributed by atoms with Crippen LogP contribution in [-0.2, 0) is 0 Å². The molecular formula is C9H9N3O. The zero-order chi connectivity index (χ0) is 9.26. The molecule has 0 spiro atoms. The number of H-pyrrole nitrogens is 1. The summed E-state index contributed by atoms with van der Waals surface area (Å²) in [5.41, 5.74) is 1.37. The average molecular weight is 175 g/mol. The fraction of sp³-hybridized carbons (Fsp3) is 0.111. The van der Waals surface area contributed by atoms with E-state index in [1.54, 1.807) is 29.2 Å². The topological polar surface area (TPSA) is 50.7 Å². The summed E-state index contributed by atoms with van der Waals surface area (Å²) < 4.78 is 1.70. The normalized spacial score (nSPS) is 10.2. The molecule has 2 aromatic rings. The number of nitrogens with one attached hydrogen (secondary N) is 1. The van der Waals surface area contributed by atoms with Crippen molar-refractivity contribution in [3.05, 3.63) is 46.9 Å². The van der Waals surface area contributed by atoms with Gasteiger partial charge in [0.25, 0.3) is 5.56 Å². The first-order valence-electron chi connectivity index (χ1n) is 3.96. The van der Waals surface area contributed by atoms with E-state index in [-0.39, 0.29) is 5.56 Å². The number of imidazole rings is 1. The van der Waals surface area contributed by atoms with Crippen molar-refractivity contribution in [3.63, 3.8) is 0 Å². The van der Waals surface area contributed by atoms with Gasteiger partial charge in [-0.25, -0.2) is 4.98 Å². The van der Waals surface area contributed by atoms with Gasteiger partial charge in [-0.15, -0.1) is 0 Å². The summed E-state index contributed by atoms with van der Waals surface area (Å²) in [6, 6.07) is 3.53. The van der Waals surface area contributed by atoms with Crippen molar-refractivity contribution in [2.24, 2.45) is 0 Å². The molecule has 0 aromatic carbocycles. The Balaban J connectivity index is 2.59. The molecule has 0 fully saturated rings. The molecule has 4 nitrogen and oxygen atoms in total. The Morgan fingerprint density at radius 3 is 3.00 bits per heavy atom. The van der Waals surface area contributed by atoms with E-state index in [4.69, 9.17) is 0 Å². The minimum atomic E-state index is -0.111. The second kappa shape index (κ2) is 2.90. The highest BCUT2D eigenvalue weighted by Crippen LogP contribution is 2.01. The Kier molecular flexibility index (Phi) is 1.73.